The van der Waals surface area contributed by atoms with Crippen LogP contribution in [0.2, 0.25) is 0 Å². The van der Waals surface area contributed by atoms with Crippen LogP contribution >= 0.6 is 0 Å². The highest BCUT2D eigenvalue weighted by molar-refractivity contribution is 7.87. The summed E-state index contributed by atoms with van der Waals surface area (Å²) in [5, 5.41) is 0. The number of hydrogen-bond donors (Lipinski definition) is 1. The molecule has 0 bridgehead atoms. The van der Waals surface area contributed by atoms with E-state index in [0.29, 0.717) is 0 Å². The molecule has 0 saturated carbocycles. The van der Waals surface area contributed by atoms with Crippen LogP contribution in [0.5, 0.6) is 5.75 Å². The van der Waals surface area contributed by atoms with E-state index in [9.17, 15) is 8.42 Å². The van der Waals surface area contributed by atoms with E-state index in [1.54, 1.807) is 18.2 Å². The van der Waals surface area contributed by atoms with Crippen molar-refractivity contribution in [1.82, 2.24) is 4.98 Å². The van der Waals surface area contributed by atoms with Gasteiger partial charge in [-0.15, -0.1) is 0 Å². The van der Waals surface area contributed by atoms with Gasteiger partial charge in [0.25, 0.3) is 0 Å². The molecule has 0 atom stereocenters. The van der Waals surface area contributed by atoms with Crippen molar-refractivity contribution in [3.05, 3.63) is 48.2 Å². The molecule has 6 heteroatoms. The van der Waals surface area contributed by atoms with Gasteiger partial charge in [0.1, 0.15) is 4.90 Å². The predicted octanol–water partition coefficient (Wildman–Crippen LogP) is 2.73. The number of benzene rings is 1. The van der Waals surface area contributed by atoms with Gasteiger partial charge in [-0.2, -0.15) is 8.42 Å². The summed E-state index contributed by atoms with van der Waals surface area (Å²) < 4.78 is 29.4. The summed E-state index contributed by atoms with van der Waals surface area (Å²) in [4.78, 5) is 3.87. The monoisotopic (exact) mass is 306 g/mol. The lowest BCUT2D eigenvalue weighted by Gasteiger charge is -2.19. The molecule has 0 saturated heterocycles. The summed E-state index contributed by atoms with van der Waals surface area (Å²) in [5.41, 5.74) is 6.59. The molecule has 2 aromatic rings. The third kappa shape index (κ3) is 3.52. The topological polar surface area (TPSA) is 82.3 Å². The van der Waals surface area contributed by atoms with Gasteiger partial charge in [-0.1, -0.05) is 32.9 Å². The minimum Gasteiger partial charge on any atom is -0.381 e. The lowest BCUT2D eigenvalue weighted by Crippen LogP contribution is -2.13. The minimum absolute atomic E-state index is 0.0254. The standard InChI is InChI=1S/C15H18N2O3S/c1-15(2,3)11-6-8-12(9-7-11)21(18,19)20-13-5-4-10-17-14(13)16/h4-10H,1-3H3,(H2,16,17). The van der Waals surface area contributed by atoms with E-state index in [-0.39, 0.29) is 21.9 Å². The third-order valence-corrected chi connectivity index (χ3v) is 4.26. The zero-order chi connectivity index (χ0) is 15.7. The lowest BCUT2D eigenvalue weighted by molar-refractivity contribution is 0.486. The van der Waals surface area contributed by atoms with E-state index in [4.69, 9.17) is 9.92 Å². The Balaban J connectivity index is 2.30. The SMILES string of the molecule is CC(C)(C)c1ccc(S(=O)(=O)Oc2cccnc2N)cc1. The number of nitrogens with zero attached hydrogens (tertiary/aromatic N) is 1. The first-order valence-electron chi connectivity index (χ1n) is 6.46. The van der Waals surface area contributed by atoms with Crippen molar-refractivity contribution < 1.29 is 12.6 Å². The van der Waals surface area contributed by atoms with Crippen molar-refractivity contribution in [3.63, 3.8) is 0 Å². The highest BCUT2D eigenvalue weighted by Crippen LogP contribution is 2.26. The van der Waals surface area contributed by atoms with Crippen molar-refractivity contribution in [3.8, 4) is 5.75 Å². The quantitative estimate of drug-likeness (QED) is 0.882. The Morgan fingerprint density at radius 2 is 1.71 bits per heavy atom. The number of nitrogen functional groups attached to an aromatic ring is 1. The number of hydrogen-bond acceptors (Lipinski definition) is 5. The molecule has 0 amide bonds. The van der Waals surface area contributed by atoms with Crippen molar-refractivity contribution in [2.45, 2.75) is 31.1 Å². The maximum atomic E-state index is 12.2. The van der Waals surface area contributed by atoms with Gasteiger partial charge >= 0.3 is 10.1 Å². The summed E-state index contributed by atoms with van der Waals surface area (Å²) in [7, 11) is -3.92. The van der Waals surface area contributed by atoms with Crippen LogP contribution in [0.25, 0.3) is 0 Å². The van der Waals surface area contributed by atoms with E-state index >= 15 is 0 Å². The number of aromatic nitrogens is 1. The van der Waals surface area contributed by atoms with E-state index < -0.39 is 10.1 Å². The van der Waals surface area contributed by atoms with Crippen LogP contribution < -0.4 is 9.92 Å². The minimum atomic E-state index is -3.92. The van der Waals surface area contributed by atoms with Crippen LogP contribution in [0.4, 0.5) is 5.82 Å². The molecule has 0 spiro atoms. The average molecular weight is 306 g/mol. The van der Waals surface area contributed by atoms with Crippen molar-refractivity contribution >= 4 is 15.9 Å². The molecular formula is C15H18N2O3S. The van der Waals surface area contributed by atoms with Gasteiger partial charge in [0.2, 0.25) is 0 Å². The largest absolute Gasteiger partial charge is 0.381 e. The van der Waals surface area contributed by atoms with Crippen LogP contribution in [0.1, 0.15) is 26.3 Å². The average Bonchev–Trinajstić information content (AvgIpc) is 2.40. The first-order valence-corrected chi connectivity index (χ1v) is 7.86. The smallest absolute Gasteiger partial charge is 0.339 e. The Hall–Kier alpha value is -2.08. The number of rotatable bonds is 3. The highest BCUT2D eigenvalue weighted by atomic mass is 32.2. The Kier molecular flexibility index (Phi) is 3.91. The molecule has 5 nitrogen and oxygen atoms in total. The fourth-order valence-corrected chi connectivity index (χ4v) is 2.70. The third-order valence-electron chi connectivity index (χ3n) is 3.01. The van der Waals surface area contributed by atoms with Crippen molar-refractivity contribution in [2.75, 3.05) is 5.73 Å². The Morgan fingerprint density at radius 1 is 1.10 bits per heavy atom. The van der Waals surface area contributed by atoms with Crippen LogP contribution in [-0.2, 0) is 15.5 Å². The summed E-state index contributed by atoms with van der Waals surface area (Å²) in [5.74, 6) is 0.0600. The Morgan fingerprint density at radius 3 is 2.24 bits per heavy atom. The number of anilines is 1. The van der Waals surface area contributed by atoms with E-state index in [1.807, 2.05) is 0 Å². The second-order valence-electron chi connectivity index (χ2n) is 5.70. The molecule has 1 aromatic heterocycles. The summed E-state index contributed by atoms with van der Waals surface area (Å²) in [6.45, 7) is 6.18. The van der Waals surface area contributed by atoms with Crippen LogP contribution in [-0.4, -0.2) is 13.4 Å². The molecule has 0 fully saturated rings. The van der Waals surface area contributed by atoms with Crippen molar-refractivity contribution in [1.29, 1.82) is 0 Å². The zero-order valence-corrected chi connectivity index (χ0v) is 13.0. The summed E-state index contributed by atoms with van der Waals surface area (Å²) in [6, 6.07) is 9.64. The lowest BCUT2D eigenvalue weighted by atomic mass is 9.87. The number of nitrogens with two attached hydrogens (primary N) is 1. The Labute approximate surface area is 124 Å². The molecule has 0 aliphatic heterocycles. The molecule has 2 rings (SSSR count). The normalized spacial score (nSPS) is 12.1. The summed E-state index contributed by atoms with van der Waals surface area (Å²) >= 11 is 0. The molecule has 1 aromatic carbocycles. The van der Waals surface area contributed by atoms with Gasteiger partial charge in [-0.3, -0.25) is 0 Å². The molecule has 1 heterocycles. The fourth-order valence-electron chi connectivity index (χ4n) is 1.76. The first kappa shape index (κ1) is 15.3. The van der Waals surface area contributed by atoms with Gasteiger partial charge in [-0.05, 0) is 35.2 Å². The maximum absolute atomic E-state index is 12.2. The van der Waals surface area contributed by atoms with Crippen LogP contribution in [0.3, 0.4) is 0 Å². The van der Waals surface area contributed by atoms with Crippen LogP contribution in [0.15, 0.2) is 47.5 Å². The highest BCUT2D eigenvalue weighted by Gasteiger charge is 2.20. The van der Waals surface area contributed by atoms with Crippen molar-refractivity contribution in [2.24, 2.45) is 0 Å². The second kappa shape index (κ2) is 5.37. The van der Waals surface area contributed by atoms with Gasteiger partial charge in [-0.25, -0.2) is 4.98 Å². The fraction of sp³-hybridized carbons (Fsp3) is 0.267. The molecule has 21 heavy (non-hydrogen) atoms. The van der Waals surface area contributed by atoms with Crippen LogP contribution in [0, 0.1) is 0 Å². The first-order chi connectivity index (χ1) is 9.70. The molecule has 0 radical (unpaired) electrons. The second-order valence-corrected chi connectivity index (χ2v) is 7.24. The Bertz CT molecular complexity index is 732. The molecule has 0 aliphatic carbocycles. The zero-order valence-electron chi connectivity index (χ0n) is 12.2. The van der Waals surface area contributed by atoms with Gasteiger partial charge in [0.05, 0.1) is 0 Å². The molecule has 112 valence electrons. The van der Waals surface area contributed by atoms with Gasteiger partial charge < -0.3 is 9.92 Å². The van der Waals surface area contributed by atoms with Gasteiger partial charge in [0, 0.05) is 6.20 Å². The summed E-state index contributed by atoms with van der Waals surface area (Å²) in [6.07, 6.45) is 1.47. The van der Waals surface area contributed by atoms with Gasteiger partial charge in [0.15, 0.2) is 11.6 Å². The maximum Gasteiger partial charge on any atom is 0.339 e. The predicted molar refractivity (Wildman–Crippen MR) is 81.6 cm³/mol. The van der Waals surface area contributed by atoms with E-state index in [1.165, 1.54) is 24.4 Å². The molecule has 0 aliphatic rings. The molecular weight excluding hydrogens is 288 g/mol. The molecule has 0 unspecified atom stereocenters. The number of pyridine rings is 1. The van der Waals surface area contributed by atoms with E-state index in [2.05, 4.69) is 25.8 Å². The molecule has 2 N–H and O–H groups in total. The van der Waals surface area contributed by atoms with E-state index in [0.717, 1.165) is 5.56 Å².